The van der Waals surface area contributed by atoms with Crippen LogP contribution in [0.1, 0.15) is 39.5 Å². The number of amides is 1. The summed E-state index contributed by atoms with van der Waals surface area (Å²) in [7, 11) is 0. The molecule has 1 heterocycles. The third-order valence-corrected chi connectivity index (χ3v) is 2.52. The van der Waals surface area contributed by atoms with Crippen LogP contribution in [-0.4, -0.2) is 35.2 Å². The van der Waals surface area contributed by atoms with Gasteiger partial charge in [0, 0.05) is 12.6 Å². The predicted molar refractivity (Wildman–Crippen MR) is 72.6 cm³/mol. The molecule has 0 radical (unpaired) electrons. The maximum Gasteiger partial charge on any atom is 0.318 e. The molecule has 1 aromatic heterocycles. The lowest BCUT2D eigenvalue weighted by atomic mass is 10.3. The Morgan fingerprint density at radius 1 is 1.47 bits per heavy atom. The lowest BCUT2D eigenvalue weighted by molar-refractivity contribution is -0.116. The quantitative estimate of drug-likeness (QED) is 0.683. The molecule has 0 fully saturated rings. The fourth-order valence-electron chi connectivity index (χ4n) is 1.51. The van der Waals surface area contributed by atoms with Crippen LogP contribution in [0.5, 0.6) is 0 Å². The minimum absolute atomic E-state index is 0.0965. The third-order valence-electron chi connectivity index (χ3n) is 2.52. The van der Waals surface area contributed by atoms with Gasteiger partial charge in [-0.05, 0) is 6.42 Å². The molecule has 0 atom stereocenters. The molecule has 1 amide bonds. The zero-order valence-electron chi connectivity index (χ0n) is 11.8. The van der Waals surface area contributed by atoms with Crippen LogP contribution < -0.4 is 16.0 Å². The Hall–Kier alpha value is -1.63. The van der Waals surface area contributed by atoms with Gasteiger partial charge in [0.2, 0.25) is 11.8 Å². The van der Waals surface area contributed by atoms with Crippen LogP contribution in [0.2, 0.25) is 0 Å². The number of aromatic nitrogens is 2. The molecule has 0 bridgehead atoms. The monoisotopic (exact) mass is 269 g/mol. The van der Waals surface area contributed by atoms with Crippen LogP contribution >= 0.6 is 0 Å². The van der Waals surface area contributed by atoms with Crippen LogP contribution in [0.4, 0.5) is 6.01 Å². The molecule has 19 heavy (non-hydrogen) atoms. The topological polar surface area (TPSA) is 97.3 Å². The minimum Gasteiger partial charge on any atom is -0.407 e. The molecule has 7 heteroatoms. The van der Waals surface area contributed by atoms with E-state index in [1.54, 1.807) is 4.90 Å². The van der Waals surface area contributed by atoms with Gasteiger partial charge in [-0.25, -0.2) is 0 Å². The molecule has 1 aromatic rings. The van der Waals surface area contributed by atoms with Gasteiger partial charge in [-0.15, -0.1) is 5.10 Å². The van der Waals surface area contributed by atoms with E-state index in [1.165, 1.54) is 0 Å². The molecule has 0 unspecified atom stereocenters. The molecule has 0 spiro atoms. The van der Waals surface area contributed by atoms with Crippen LogP contribution in [0.3, 0.4) is 0 Å². The average molecular weight is 269 g/mol. The normalized spacial score (nSPS) is 10.9. The highest BCUT2D eigenvalue weighted by Gasteiger charge is 2.16. The number of carbonyl (C=O) groups excluding carboxylic acids is 1. The molecule has 0 aliphatic heterocycles. The largest absolute Gasteiger partial charge is 0.407 e. The second-order valence-corrected chi connectivity index (χ2v) is 4.76. The number of unbranched alkanes of at least 4 members (excludes halogenated alkanes) is 1. The van der Waals surface area contributed by atoms with Crippen molar-refractivity contribution in [3.63, 3.8) is 0 Å². The highest BCUT2D eigenvalue weighted by Crippen LogP contribution is 2.12. The van der Waals surface area contributed by atoms with Crippen LogP contribution in [0.15, 0.2) is 4.42 Å². The van der Waals surface area contributed by atoms with Gasteiger partial charge in [0.1, 0.15) is 6.54 Å². The number of nitrogens with one attached hydrogen (secondary N) is 1. The summed E-state index contributed by atoms with van der Waals surface area (Å²) in [4.78, 5) is 12.8. The zero-order valence-corrected chi connectivity index (χ0v) is 11.8. The number of nitrogens with two attached hydrogens (primary N) is 1. The summed E-state index contributed by atoms with van der Waals surface area (Å²) in [6.45, 7) is 7.45. The number of anilines is 1. The Morgan fingerprint density at radius 3 is 2.79 bits per heavy atom. The van der Waals surface area contributed by atoms with Crippen molar-refractivity contribution in [1.82, 2.24) is 15.5 Å². The van der Waals surface area contributed by atoms with Gasteiger partial charge in [-0.2, -0.15) is 0 Å². The van der Waals surface area contributed by atoms with Crippen molar-refractivity contribution >= 4 is 11.9 Å². The summed E-state index contributed by atoms with van der Waals surface area (Å²) in [5, 5.41) is 11.1. The molecule has 0 aliphatic rings. The molecule has 3 N–H and O–H groups in total. The number of carbonyl (C=O) groups is 1. The Balaban J connectivity index is 2.64. The fraction of sp³-hybridized carbons (Fsp3) is 0.750. The van der Waals surface area contributed by atoms with Gasteiger partial charge >= 0.3 is 6.01 Å². The van der Waals surface area contributed by atoms with Crippen molar-refractivity contribution in [2.24, 2.45) is 5.73 Å². The van der Waals surface area contributed by atoms with Gasteiger partial charge in [0.15, 0.2) is 0 Å². The first-order valence-electron chi connectivity index (χ1n) is 6.62. The molecule has 0 aromatic carbocycles. The molecule has 108 valence electrons. The highest BCUT2D eigenvalue weighted by atomic mass is 16.4. The van der Waals surface area contributed by atoms with Crippen molar-refractivity contribution in [2.75, 3.05) is 18.0 Å². The van der Waals surface area contributed by atoms with E-state index in [4.69, 9.17) is 10.2 Å². The zero-order chi connectivity index (χ0) is 14.3. The van der Waals surface area contributed by atoms with Gasteiger partial charge in [0.25, 0.3) is 0 Å². The average Bonchev–Trinajstić information content (AvgIpc) is 2.80. The highest BCUT2D eigenvalue weighted by molar-refractivity contribution is 5.78. The summed E-state index contributed by atoms with van der Waals surface area (Å²) in [6.07, 6.45) is 1.96. The first-order chi connectivity index (χ1) is 9.02. The number of primary amides is 1. The molecule has 7 nitrogen and oxygen atoms in total. The van der Waals surface area contributed by atoms with E-state index in [0.717, 1.165) is 12.8 Å². The van der Waals surface area contributed by atoms with E-state index in [9.17, 15) is 4.79 Å². The Bertz CT molecular complexity index is 391. The summed E-state index contributed by atoms with van der Waals surface area (Å²) in [6, 6.07) is 0.699. The maximum absolute atomic E-state index is 11.0. The van der Waals surface area contributed by atoms with Crippen molar-refractivity contribution in [2.45, 2.75) is 46.2 Å². The summed E-state index contributed by atoms with van der Waals surface area (Å²) >= 11 is 0. The third kappa shape index (κ3) is 5.69. The van der Waals surface area contributed by atoms with Crippen molar-refractivity contribution in [3.8, 4) is 0 Å². The molecular weight excluding hydrogens is 246 g/mol. The number of hydrogen-bond donors (Lipinski definition) is 2. The van der Waals surface area contributed by atoms with Gasteiger partial charge < -0.3 is 20.4 Å². The summed E-state index contributed by atoms with van der Waals surface area (Å²) in [5.41, 5.74) is 5.22. The van der Waals surface area contributed by atoms with Crippen molar-refractivity contribution in [3.05, 3.63) is 5.89 Å². The van der Waals surface area contributed by atoms with Crippen molar-refractivity contribution in [1.29, 1.82) is 0 Å². The Labute approximate surface area is 113 Å². The van der Waals surface area contributed by atoms with E-state index < -0.39 is 5.91 Å². The molecule has 0 saturated carbocycles. The Kier molecular flexibility index (Phi) is 6.27. The second-order valence-electron chi connectivity index (χ2n) is 4.76. The van der Waals surface area contributed by atoms with E-state index >= 15 is 0 Å². The minimum atomic E-state index is -0.406. The van der Waals surface area contributed by atoms with E-state index in [0.29, 0.717) is 31.0 Å². The number of hydrogen-bond acceptors (Lipinski definition) is 6. The molecular formula is C12H23N5O2. The molecule has 0 aliphatic carbocycles. The Morgan fingerprint density at radius 2 is 2.21 bits per heavy atom. The van der Waals surface area contributed by atoms with Crippen LogP contribution in [-0.2, 0) is 11.3 Å². The SMILES string of the molecule is CCCCN(CC(N)=O)c1nnc(CNC(C)C)o1. The van der Waals surface area contributed by atoms with E-state index in [-0.39, 0.29) is 6.54 Å². The fourth-order valence-corrected chi connectivity index (χ4v) is 1.51. The lowest BCUT2D eigenvalue weighted by Crippen LogP contribution is -2.34. The van der Waals surface area contributed by atoms with Crippen LogP contribution in [0, 0.1) is 0 Å². The predicted octanol–water partition coefficient (Wildman–Crippen LogP) is 0.659. The molecule has 0 saturated heterocycles. The first-order valence-corrected chi connectivity index (χ1v) is 6.62. The number of nitrogens with zero attached hydrogens (tertiary/aromatic N) is 3. The number of rotatable bonds is 9. The summed E-state index contributed by atoms with van der Waals surface area (Å²) < 4.78 is 5.53. The van der Waals surface area contributed by atoms with E-state index in [1.807, 2.05) is 13.8 Å². The van der Waals surface area contributed by atoms with Gasteiger partial charge in [0.05, 0.1) is 6.54 Å². The smallest absolute Gasteiger partial charge is 0.318 e. The van der Waals surface area contributed by atoms with Crippen molar-refractivity contribution < 1.29 is 9.21 Å². The lowest BCUT2D eigenvalue weighted by Gasteiger charge is -2.17. The standard InChI is InChI=1S/C12H23N5O2/c1-4-5-6-17(8-10(13)18)12-16-15-11(19-12)7-14-9(2)3/h9,14H,4-8H2,1-3H3,(H2,13,18). The first kappa shape index (κ1) is 15.4. The maximum atomic E-state index is 11.0. The van der Waals surface area contributed by atoms with E-state index in [2.05, 4.69) is 22.4 Å². The summed E-state index contributed by atoms with van der Waals surface area (Å²) in [5.74, 6) is 0.103. The second kappa shape index (κ2) is 7.73. The molecule has 1 rings (SSSR count). The van der Waals surface area contributed by atoms with Gasteiger partial charge in [-0.1, -0.05) is 32.3 Å². The van der Waals surface area contributed by atoms with Crippen LogP contribution in [0.25, 0.3) is 0 Å². The van der Waals surface area contributed by atoms with Gasteiger partial charge in [-0.3, -0.25) is 4.79 Å².